The molecule has 0 unspecified atom stereocenters. The summed E-state index contributed by atoms with van der Waals surface area (Å²) in [5.41, 5.74) is 0.973. The summed E-state index contributed by atoms with van der Waals surface area (Å²) in [6, 6.07) is 6.27. The van der Waals surface area contributed by atoms with Crippen molar-refractivity contribution in [1.82, 2.24) is 9.97 Å². The smallest absolute Gasteiger partial charge is 0.354 e. The van der Waals surface area contributed by atoms with Gasteiger partial charge in [-0.25, -0.2) is 14.8 Å². The summed E-state index contributed by atoms with van der Waals surface area (Å²) in [6.45, 7) is 0. The second kappa shape index (κ2) is 4.69. The number of aromatic carboxylic acids is 1. The van der Waals surface area contributed by atoms with Crippen LogP contribution >= 0.6 is 23.2 Å². The second-order valence-electron chi connectivity index (χ2n) is 3.22. The largest absolute Gasteiger partial charge is 0.477 e. The number of benzene rings is 1. The van der Waals surface area contributed by atoms with Crippen molar-refractivity contribution in [3.63, 3.8) is 0 Å². The highest BCUT2D eigenvalue weighted by Crippen LogP contribution is 2.28. The van der Waals surface area contributed by atoms with Crippen LogP contribution in [0.2, 0.25) is 10.0 Å². The number of carboxylic acids is 1. The Bertz CT molecular complexity index is 587. The lowest BCUT2D eigenvalue weighted by atomic mass is 10.1. The van der Waals surface area contributed by atoms with Gasteiger partial charge in [-0.05, 0) is 24.3 Å². The highest BCUT2D eigenvalue weighted by molar-refractivity contribution is 6.36. The molecule has 86 valence electrons. The van der Waals surface area contributed by atoms with Crippen molar-refractivity contribution < 1.29 is 9.90 Å². The van der Waals surface area contributed by atoms with Gasteiger partial charge in [0.2, 0.25) is 0 Å². The van der Waals surface area contributed by atoms with E-state index in [1.165, 1.54) is 12.4 Å². The van der Waals surface area contributed by atoms with E-state index in [2.05, 4.69) is 9.97 Å². The molecule has 2 aromatic rings. The Hall–Kier alpha value is -1.65. The molecule has 0 spiro atoms. The Balaban J connectivity index is 2.53. The molecule has 0 radical (unpaired) electrons. The molecule has 0 amide bonds. The molecule has 17 heavy (non-hydrogen) atoms. The molecule has 2 rings (SSSR count). The van der Waals surface area contributed by atoms with Crippen LogP contribution in [-0.2, 0) is 0 Å². The topological polar surface area (TPSA) is 63.1 Å². The summed E-state index contributed by atoms with van der Waals surface area (Å²) in [4.78, 5) is 18.4. The maximum absolute atomic E-state index is 10.8. The van der Waals surface area contributed by atoms with Gasteiger partial charge < -0.3 is 5.11 Å². The van der Waals surface area contributed by atoms with Crippen molar-refractivity contribution in [2.24, 2.45) is 0 Å². The summed E-state index contributed by atoms with van der Waals surface area (Å²) in [7, 11) is 0. The summed E-state index contributed by atoms with van der Waals surface area (Å²) in [5.74, 6) is -1.11. The van der Waals surface area contributed by atoms with E-state index in [1.54, 1.807) is 18.2 Å². The number of carboxylic acid groups (broad SMARTS) is 1. The van der Waals surface area contributed by atoms with E-state index in [1.807, 2.05) is 0 Å². The molecule has 0 fully saturated rings. The van der Waals surface area contributed by atoms with Crippen LogP contribution in [0.3, 0.4) is 0 Å². The quantitative estimate of drug-likeness (QED) is 0.909. The molecular formula is C11H6Cl2N2O2. The van der Waals surface area contributed by atoms with E-state index in [-0.39, 0.29) is 5.69 Å². The molecular weight excluding hydrogens is 263 g/mol. The van der Waals surface area contributed by atoms with Crippen molar-refractivity contribution >= 4 is 29.2 Å². The minimum Gasteiger partial charge on any atom is -0.477 e. The van der Waals surface area contributed by atoms with Gasteiger partial charge >= 0.3 is 5.97 Å². The first-order valence-electron chi connectivity index (χ1n) is 4.58. The molecule has 1 aromatic carbocycles. The molecule has 1 N–H and O–H groups in total. The van der Waals surface area contributed by atoms with Gasteiger partial charge in [0.15, 0.2) is 5.69 Å². The average Bonchev–Trinajstić information content (AvgIpc) is 2.29. The average molecular weight is 269 g/mol. The van der Waals surface area contributed by atoms with E-state index in [9.17, 15) is 4.79 Å². The van der Waals surface area contributed by atoms with Crippen LogP contribution in [0.25, 0.3) is 11.3 Å². The fourth-order valence-electron chi connectivity index (χ4n) is 1.32. The van der Waals surface area contributed by atoms with Crippen LogP contribution < -0.4 is 0 Å². The third-order valence-electron chi connectivity index (χ3n) is 2.09. The molecule has 0 aliphatic carbocycles. The maximum Gasteiger partial charge on any atom is 0.354 e. The van der Waals surface area contributed by atoms with Crippen LogP contribution in [-0.4, -0.2) is 21.0 Å². The van der Waals surface area contributed by atoms with Gasteiger partial charge in [0.25, 0.3) is 0 Å². The third kappa shape index (κ3) is 2.54. The SMILES string of the molecule is O=C(O)c1cc(-c2ccc(Cl)cc2Cl)ncn1. The molecule has 6 heteroatoms. The van der Waals surface area contributed by atoms with Gasteiger partial charge in [-0.1, -0.05) is 23.2 Å². The zero-order valence-electron chi connectivity index (χ0n) is 8.39. The highest BCUT2D eigenvalue weighted by Gasteiger charge is 2.10. The number of halogens is 2. The Morgan fingerprint density at radius 1 is 1.18 bits per heavy atom. The van der Waals surface area contributed by atoms with E-state index >= 15 is 0 Å². The van der Waals surface area contributed by atoms with Crippen molar-refractivity contribution in [3.8, 4) is 11.3 Å². The molecule has 1 aromatic heterocycles. The fraction of sp³-hybridized carbons (Fsp3) is 0. The summed E-state index contributed by atoms with van der Waals surface area (Å²) in [5, 5.41) is 9.74. The zero-order valence-corrected chi connectivity index (χ0v) is 9.90. The predicted molar refractivity (Wildman–Crippen MR) is 64.4 cm³/mol. The van der Waals surface area contributed by atoms with Gasteiger partial charge in [-0.2, -0.15) is 0 Å². The van der Waals surface area contributed by atoms with E-state index in [4.69, 9.17) is 28.3 Å². The summed E-state index contributed by atoms with van der Waals surface area (Å²) in [6.07, 6.45) is 1.18. The fourth-order valence-corrected chi connectivity index (χ4v) is 1.82. The zero-order chi connectivity index (χ0) is 12.4. The standard InChI is InChI=1S/C11H6Cl2N2O2/c12-6-1-2-7(8(13)3-6)9-4-10(11(16)17)15-5-14-9/h1-5H,(H,16,17). The minimum atomic E-state index is -1.11. The number of nitrogens with zero attached hydrogens (tertiary/aromatic N) is 2. The molecule has 0 bridgehead atoms. The van der Waals surface area contributed by atoms with E-state index in [0.29, 0.717) is 21.3 Å². The monoisotopic (exact) mass is 268 g/mol. The first-order valence-corrected chi connectivity index (χ1v) is 5.34. The lowest BCUT2D eigenvalue weighted by molar-refractivity contribution is 0.0690. The number of aromatic nitrogens is 2. The molecule has 0 saturated heterocycles. The first-order chi connectivity index (χ1) is 8.08. The van der Waals surface area contributed by atoms with Crippen LogP contribution in [0.4, 0.5) is 0 Å². The lowest BCUT2D eigenvalue weighted by Gasteiger charge is -2.04. The van der Waals surface area contributed by atoms with Crippen LogP contribution in [0.5, 0.6) is 0 Å². The van der Waals surface area contributed by atoms with Gasteiger partial charge in [0.05, 0.1) is 10.7 Å². The van der Waals surface area contributed by atoms with Crippen molar-refractivity contribution in [3.05, 3.63) is 46.3 Å². The highest BCUT2D eigenvalue weighted by atomic mass is 35.5. The van der Waals surface area contributed by atoms with Gasteiger partial charge in [0.1, 0.15) is 6.33 Å². The Morgan fingerprint density at radius 2 is 1.94 bits per heavy atom. The Morgan fingerprint density at radius 3 is 2.59 bits per heavy atom. The first kappa shape index (κ1) is 11.8. The number of hydrogen-bond donors (Lipinski definition) is 1. The summed E-state index contributed by atoms with van der Waals surface area (Å²) < 4.78 is 0. The van der Waals surface area contributed by atoms with Gasteiger partial charge in [0, 0.05) is 10.6 Å². The Labute approximate surface area is 107 Å². The van der Waals surface area contributed by atoms with Crippen molar-refractivity contribution in [2.45, 2.75) is 0 Å². The third-order valence-corrected chi connectivity index (χ3v) is 2.64. The molecule has 0 aliphatic rings. The van der Waals surface area contributed by atoms with Crippen LogP contribution in [0, 0.1) is 0 Å². The van der Waals surface area contributed by atoms with E-state index < -0.39 is 5.97 Å². The number of hydrogen-bond acceptors (Lipinski definition) is 3. The van der Waals surface area contributed by atoms with Crippen molar-refractivity contribution in [2.75, 3.05) is 0 Å². The molecule has 4 nitrogen and oxygen atoms in total. The molecule has 0 aliphatic heterocycles. The molecule has 1 heterocycles. The molecule has 0 atom stereocenters. The van der Waals surface area contributed by atoms with Crippen LogP contribution in [0.1, 0.15) is 10.5 Å². The van der Waals surface area contributed by atoms with Crippen LogP contribution in [0.15, 0.2) is 30.6 Å². The predicted octanol–water partition coefficient (Wildman–Crippen LogP) is 3.15. The van der Waals surface area contributed by atoms with E-state index in [0.717, 1.165) is 0 Å². The minimum absolute atomic E-state index is 0.0824. The van der Waals surface area contributed by atoms with Crippen molar-refractivity contribution in [1.29, 1.82) is 0 Å². The number of rotatable bonds is 2. The Kier molecular flexibility index (Phi) is 3.26. The maximum atomic E-state index is 10.8. The van der Waals surface area contributed by atoms with Gasteiger partial charge in [-0.15, -0.1) is 0 Å². The molecule has 0 saturated carbocycles. The van der Waals surface area contributed by atoms with Gasteiger partial charge in [-0.3, -0.25) is 0 Å². The lowest BCUT2D eigenvalue weighted by Crippen LogP contribution is -2.01. The summed E-state index contributed by atoms with van der Waals surface area (Å²) >= 11 is 11.8. The second-order valence-corrected chi connectivity index (χ2v) is 4.06. The number of carbonyl (C=O) groups is 1. The normalized spacial score (nSPS) is 10.2.